The second-order valence-electron chi connectivity index (χ2n) is 7.56. The van der Waals surface area contributed by atoms with Gasteiger partial charge in [-0.25, -0.2) is 0 Å². The molecule has 3 rings (SSSR count). The Labute approximate surface area is 156 Å². The number of hydrogen-bond donors (Lipinski definition) is 2. The molecule has 0 saturated carbocycles. The Morgan fingerprint density at radius 1 is 1.08 bits per heavy atom. The third-order valence-electron chi connectivity index (χ3n) is 5.27. The fourth-order valence-electron chi connectivity index (χ4n) is 3.61. The molecular formula is C20H32N4O2. The number of anilines is 2. The van der Waals surface area contributed by atoms with E-state index in [1.165, 1.54) is 12.8 Å². The molecule has 2 aliphatic rings. The number of carbonyl (C=O) groups excluding carboxylic acids is 1. The third-order valence-corrected chi connectivity index (χ3v) is 5.27. The van der Waals surface area contributed by atoms with Crippen molar-refractivity contribution in [1.29, 1.82) is 0 Å². The van der Waals surface area contributed by atoms with Crippen molar-refractivity contribution in [2.45, 2.75) is 38.8 Å². The van der Waals surface area contributed by atoms with Crippen LogP contribution in [0.2, 0.25) is 0 Å². The van der Waals surface area contributed by atoms with Crippen molar-refractivity contribution in [1.82, 2.24) is 9.80 Å². The van der Waals surface area contributed by atoms with Gasteiger partial charge >= 0.3 is 0 Å². The van der Waals surface area contributed by atoms with Crippen LogP contribution in [0.1, 0.15) is 26.7 Å². The van der Waals surface area contributed by atoms with Gasteiger partial charge in [-0.15, -0.1) is 0 Å². The number of benzene rings is 1. The SMILES string of the molecule is CC(C)N1CCC(Nc2ccc(NC(=O)CN3CCOCC3)cc2)CC1. The lowest BCUT2D eigenvalue weighted by Gasteiger charge is -2.35. The molecule has 0 aliphatic carbocycles. The van der Waals surface area contributed by atoms with E-state index in [4.69, 9.17) is 4.74 Å². The van der Waals surface area contributed by atoms with Crippen LogP contribution in [0.25, 0.3) is 0 Å². The maximum atomic E-state index is 12.2. The summed E-state index contributed by atoms with van der Waals surface area (Å²) in [4.78, 5) is 16.8. The zero-order valence-corrected chi connectivity index (χ0v) is 16.0. The third kappa shape index (κ3) is 5.69. The lowest BCUT2D eigenvalue weighted by Crippen LogP contribution is -2.42. The average Bonchev–Trinajstić information content (AvgIpc) is 2.64. The molecule has 1 aromatic carbocycles. The lowest BCUT2D eigenvalue weighted by molar-refractivity contribution is -0.118. The van der Waals surface area contributed by atoms with Crippen molar-refractivity contribution in [3.63, 3.8) is 0 Å². The summed E-state index contributed by atoms with van der Waals surface area (Å²) in [6, 6.07) is 9.23. The molecule has 1 aromatic rings. The molecule has 26 heavy (non-hydrogen) atoms. The molecule has 2 N–H and O–H groups in total. The molecular weight excluding hydrogens is 328 g/mol. The fourth-order valence-corrected chi connectivity index (χ4v) is 3.61. The molecule has 0 atom stereocenters. The zero-order chi connectivity index (χ0) is 18.4. The van der Waals surface area contributed by atoms with E-state index in [9.17, 15) is 4.79 Å². The van der Waals surface area contributed by atoms with E-state index in [0.717, 1.165) is 37.6 Å². The van der Waals surface area contributed by atoms with Crippen LogP contribution in [0.15, 0.2) is 24.3 Å². The predicted molar refractivity (Wildman–Crippen MR) is 106 cm³/mol. The van der Waals surface area contributed by atoms with Gasteiger partial charge in [0.2, 0.25) is 5.91 Å². The first kappa shape index (κ1) is 19.1. The van der Waals surface area contributed by atoms with Gasteiger partial charge in [0.1, 0.15) is 0 Å². The average molecular weight is 361 g/mol. The molecule has 0 unspecified atom stereocenters. The van der Waals surface area contributed by atoms with E-state index < -0.39 is 0 Å². The van der Waals surface area contributed by atoms with Gasteiger partial charge in [0, 0.05) is 49.6 Å². The maximum Gasteiger partial charge on any atom is 0.238 e. The van der Waals surface area contributed by atoms with E-state index in [-0.39, 0.29) is 5.91 Å². The topological polar surface area (TPSA) is 56.8 Å². The van der Waals surface area contributed by atoms with Crippen LogP contribution in [0.3, 0.4) is 0 Å². The molecule has 0 spiro atoms. The minimum atomic E-state index is 0.0358. The van der Waals surface area contributed by atoms with Crippen LogP contribution < -0.4 is 10.6 Å². The Balaban J connectivity index is 1.42. The van der Waals surface area contributed by atoms with Crippen molar-refractivity contribution in [2.24, 2.45) is 0 Å². The highest BCUT2D eigenvalue weighted by Gasteiger charge is 2.20. The normalized spacial score (nSPS) is 20.3. The van der Waals surface area contributed by atoms with Crippen LogP contribution in [-0.2, 0) is 9.53 Å². The number of morpholine rings is 1. The molecule has 2 saturated heterocycles. The van der Waals surface area contributed by atoms with Crippen LogP contribution in [0.5, 0.6) is 0 Å². The molecule has 2 fully saturated rings. The Bertz CT molecular complexity index is 562. The Morgan fingerprint density at radius 2 is 1.69 bits per heavy atom. The Morgan fingerprint density at radius 3 is 2.31 bits per heavy atom. The number of nitrogens with zero attached hydrogens (tertiary/aromatic N) is 2. The highest BCUT2D eigenvalue weighted by atomic mass is 16.5. The first-order valence-corrected chi connectivity index (χ1v) is 9.81. The first-order chi connectivity index (χ1) is 12.6. The molecule has 6 heteroatoms. The van der Waals surface area contributed by atoms with E-state index >= 15 is 0 Å². The molecule has 144 valence electrons. The highest BCUT2D eigenvalue weighted by Crippen LogP contribution is 2.19. The molecule has 2 heterocycles. The molecule has 2 aliphatic heterocycles. The standard InChI is InChI=1S/C20H32N4O2/c1-16(2)24-9-7-19(8-10-24)21-17-3-5-18(6-4-17)22-20(25)15-23-11-13-26-14-12-23/h3-6,16,19,21H,7-15H2,1-2H3,(H,22,25). The van der Waals surface area contributed by atoms with Crippen LogP contribution >= 0.6 is 0 Å². The van der Waals surface area contributed by atoms with E-state index in [0.29, 0.717) is 31.8 Å². The Hall–Kier alpha value is -1.63. The Kier molecular flexibility index (Phi) is 6.88. The van der Waals surface area contributed by atoms with Crippen molar-refractivity contribution in [3.05, 3.63) is 24.3 Å². The summed E-state index contributed by atoms with van der Waals surface area (Å²) < 4.78 is 5.31. The quantitative estimate of drug-likeness (QED) is 0.815. The second kappa shape index (κ2) is 9.35. The minimum Gasteiger partial charge on any atom is -0.382 e. The van der Waals surface area contributed by atoms with Gasteiger partial charge < -0.3 is 20.3 Å². The fraction of sp³-hybridized carbons (Fsp3) is 0.650. The minimum absolute atomic E-state index is 0.0358. The summed E-state index contributed by atoms with van der Waals surface area (Å²) in [5, 5.41) is 6.61. The van der Waals surface area contributed by atoms with Crippen molar-refractivity contribution < 1.29 is 9.53 Å². The number of nitrogens with one attached hydrogen (secondary N) is 2. The number of carbonyl (C=O) groups is 1. The van der Waals surface area contributed by atoms with E-state index in [1.54, 1.807) is 0 Å². The molecule has 0 bridgehead atoms. The maximum absolute atomic E-state index is 12.2. The summed E-state index contributed by atoms with van der Waals surface area (Å²) in [5.74, 6) is 0.0358. The summed E-state index contributed by atoms with van der Waals surface area (Å²) in [7, 11) is 0. The van der Waals surface area contributed by atoms with Crippen molar-refractivity contribution in [3.8, 4) is 0 Å². The number of ether oxygens (including phenoxy) is 1. The monoisotopic (exact) mass is 360 g/mol. The lowest BCUT2D eigenvalue weighted by atomic mass is 10.0. The van der Waals surface area contributed by atoms with Crippen LogP contribution in [0, 0.1) is 0 Å². The number of amides is 1. The first-order valence-electron chi connectivity index (χ1n) is 9.81. The number of likely N-dealkylation sites (tertiary alicyclic amines) is 1. The molecule has 1 amide bonds. The number of piperidine rings is 1. The van der Waals surface area contributed by atoms with Crippen LogP contribution in [0.4, 0.5) is 11.4 Å². The molecule has 0 aromatic heterocycles. The van der Waals surface area contributed by atoms with Gasteiger partial charge in [0.25, 0.3) is 0 Å². The van der Waals surface area contributed by atoms with E-state index in [1.807, 2.05) is 12.1 Å². The summed E-state index contributed by atoms with van der Waals surface area (Å²) in [6.07, 6.45) is 2.35. The zero-order valence-electron chi connectivity index (χ0n) is 16.0. The summed E-state index contributed by atoms with van der Waals surface area (Å²) in [6.45, 7) is 10.3. The number of hydrogen-bond acceptors (Lipinski definition) is 5. The van der Waals surface area contributed by atoms with Gasteiger partial charge in [0.15, 0.2) is 0 Å². The summed E-state index contributed by atoms with van der Waals surface area (Å²) >= 11 is 0. The molecule has 6 nitrogen and oxygen atoms in total. The number of rotatable bonds is 6. The second-order valence-corrected chi connectivity index (χ2v) is 7.56. The van der Waals surface area contributed by atoms with Gasteiger partial charge in [-0.2, -0.15) is 0 Å². The van der Waals surface area contributed by atoms with Crippen molar-refractivity contribution in [2.75, 3.05) is 56.6 Å². The van der Waals surface area contributed by atoms with Gasteiger partial charge in [-0.1, -0.05) is 0 Å². The summed E-state index contributed by atoms with van der Waals surface area (Å²) in [5.41, 5.74) is 1.97. The van der Waals surface area contributed by atoms with Gasteiger partial charge in [0.05, 0.1) is 19.8 Å². The predicted octanol–water partition coefficient (Wildman–Crippen LogP) is 2.24. The largest absolute Gasteiger partial charge is 0.382 e. The van der Waals surface area contributed by atoms with E-state index in [2.05, 4.69) is 46.4 Å². The van der Waals surface area contributed by atoms with Gasteiger partial charge in [-0.05, 0) is 51.0 Å². The van der Waals surface area contributed by atoms with Gasteiger partial charge in [-0.3, -0.25) is 9.69 Å². The van der Waals surface area contributed by atoms with Crippen LogP contribution in [-0.4, -0.2) is 73.7 Å². The molecule has 0 radical (unpaired) electrons. The smallest absolute Gasteiger partial charge is 0.238 e. The van der Waals surface area contributed by atoms with Crippen molar-refractivity contribution >= 4 is 17.3 Å². The highest BCUT2D eigenvalue weighted by molar-refractivity contribution is 5.92.